The molecular weight excluding hydrogens is 1050 g/mol. The van der Waals surface area contributed by atoms with Gasteiger partial charge in [0.25, 0.3) is 0 Å². The van der Waals surface area contributed by atoms with Gasteiger partial charge in [-0.15, -0.1) is 0 Å². The highest BCUT2D eigenvalue weighted by Gasteiger charge is 2.89. The number of ketones is 3. The fourth-order valence-electron chi connectivity index (χ4n) is 16.9. The summed E-state index contributed by atoms with van der Waals surface area (Å²) >= 11 is 0. The van der Waals surface area contributed by atoms with Crippen LogP contribution in [0.3, 0.4) is 0 Å². The monoisotopic (exact) mass is 1130 g/mol. The van der Waals surface area contributed by atoms with Crippen LogP contribution in [0.5, 0.6) is 17.2 Å². The number of furan rings is 1. The van der Waals surface area contributed by atoms with E-state index in [0.29, 0.717) is 61.0 Å². The highest BCUT2D eigenvalue weighted by atomic mass is 16.6. The molecule has 16 heteroatoms. The first-order valence-corrected chi connectivity index (χ1v) is 28.6. The van der Waals surface area contributed by atoms with Crippen molar-refractivity contribution in [2.45, 2.75) is 194 Å². The zero-order valence-electron chi connectivity index (χ0n) is 49.6. The van der Waals surface area contributed by atoms with Gasteiger partial charge in [-0.25, -0.2) is 9.59 Å². The number of phenols is 1. The molecule has 9 aliphatic rings. The Morgan fingerprint density at radius 1 is 0.854 bits per heavy atom. The van der Waals surface area contributed by atoms with Crippen LogP contribution in [0, 0.1) is 33.5 Å². The minimum atomic E-state index is -2.16. The standard InChI is InChI=1S/C38H46O9.C28H32O7/c1-21(2)11-10-18-36(8)19-17-24-29(39)28-30(40)26-12-9-13-27-35(6,7)47-37(34(43)44,20-16-23(5)33(41)42)38(26,27)46-32(28)25(31(24)45-36)15-14-22(3)4;1-14(29)34-17-12-26(5)16(15-8-10-33-13-15)11-19-28(26,35-19)27(6)21(17)25(4)9-7-18(30)24(2,3)22(25)20(31)23(27)32/h11-12,14,16-17,19,27,39H,9-10,13,15,18,20H2,1-8H3,(H,41,42)(H,43,44);7-10,13,16-17,19,21,31H,11-12H2,1-6H3. The molecule has 4 fully saturated rings. The molecule has 12 atom stereocenters. The molecule has 5 aliphatic carbocycles. The molecule has 438 valence electrons. The summed E-state index contributed by atoms with van der Waals surface area (Å²) in [6.45, 7) is 25.7. The number of Topliss-reactive ketones (excluding diaryl/α,β-unsaturated/α-hetero) is 2. The number of allylic oxidation sites excluding steroid dienone is 9. The smallest absolute Gasteiger partial charge is 0.340 e. The average Bonchev–Trinajstić information content (AvgIpc) is 1.47. The van der Waals surface area contributed by atoms with Crippen LogP contribution in [-0.4, -0.2) is 95.9 Å². The summed E-state index contributed by atoms with van der Waals surface area (Å²) in [4.78, 5) is 79.6. The van der Waals surface area contributed by atoms with Gasteiger partial charge in [0.05, 0.1) is 40.6 Å². The number of ether oxygens (including phenoxy) is 5. The summed E-state index contributed by atoms with van der Waals surface area (Å²) in [7, 11) is 0. The Bertz CT molecular complexity index is 3370. The Kier molecular flexibility index (Phi) is 13.6. The Hall–Kier alpha value is -6.78. The van der Waals surface area contributed by atoms with Crippen LogP contribution >= 0.6 is 0 Å². The van der Waals surface area contributed by atoms with Crippen LogP contribution in [0.15, 0.2) is 99.2 Å². The molecule has 5 heterocycles. The van der Waals surface area contributed by atoms with Crippen LogP contribution < -0.4 is 9.47 Å². The number of esters is 1. The van der Waals surface area contributed by atoms with E-state index in [1.807, 2.05) is 66.7 Å². The normalized spacial score (nSPS) is 36.4. The zero-order valence-corrected chi connectivity index (χ0v) is 49.6. The topological polar surface area (TPSA) is 246 Å². The minimum absolute atomic E-state index is 0.0407. The van der Waals surface area contributed by atoms with Crippen LogP contribution in [-0.2, 0) is 44.6 Å². The van der Waals surface area contributed by atoms with Gasteiger partial charge < -0.3 is 48.5 Å². The largest absolute Gasteiger partial charge is 0.506 e. The molecule has 2 saturated heterocycles. The van der Waals surface area contributed by atoms with Gasteiger partial charge in [-0.3, -0.25) is 19.2 Å². The van der Waals surface area contributed by atoms with Crippen molar-refractivity contribution in [2.24, 2.45) is 33.5 Å². The molecule has 4 N–H and O–H groups in total. The van der Waals surface area contributed by atoms with Gasteiger partial charge in [0.2, 0.25) is 11.4 Å². The van der Waals surface area contributed by atoms with Crippen molar-refractivity contribution in [3.8, 4) is 17.2 Å². The van der Waals surface area contributed by atoms with E-state index in [4.69, 9.17) is 28.1 Å². The van der Waals surface area contributed by atoms with Crippen LogP contribution in [0.2, 0.25) is 0 Å². The number of fused-ring (bicyclic) bond motifs is 5. The molecule has 16 nitrogen and oxygen atoms in total. The van der Waals surface area contributed by atoms with Crippen molar-refractivity contribution in [1.82, 2.24) is 0 Å². The lowest BCUT2D eigenvalue weighted by Gasteiger charge is -2.64. The first-order valence-electron chi connectivity index (χ1n) is 28.6. The third-order valence-corrected chi connectivity index (χ3v) is 20.4. The number of benzene rings is 1. The number of carboxylic acid groups (broad SMARTS) is 2. The van der Waals surface area contributed by atoms with Crippen LogP contribution in [0.1, 0.15) is 175 Å². The maximum Gasteiger partial charge on any atom is 0.340 e. The Labute approximate surface area is 479 Å². The number of aliphatic hydroxyl groups excluding tert-OH is 1. The Morgan fingerprint density at radius 2 is 1.55 bits per heavy atom. The third kappa shape index (κ3) is 7.95. The number of epoxide rings is 1. The lowest BCUT2D eigenvalue weighted by atomic mass is 9.38. The summed E-state index contributed by atoms with van der Waals surface area (Å²) in [5.74, 6) is -5.37. The maximum absolute atomic E-state index is 14.7. The third-order valence-electron chi connectivity index (χ3n) is 20.4. The predicted molar refractivity (Wildman–Crippen MR) is 302 cm³/mol. The quantitative estimate of drug-likeness (QED) is 0.0707. The van der Waals surface area contributed by atoms with E-state index in [1.54, 1.807) is 64.5 Å². The summed E-state index contributed by atoms with van der Waals surface area (Å²) in [6.07, 6.45) is 20.3. The van der Waals surface area contributed by atoms with Gasteiger partial charge in [-0.05, 0) is 162 Å². The molecular formula is C66H78O16. The lowest BCUT2D eigenvalue weighted by Crippen LogP contribution is -2.70. The van der Waals surface area contributed by atoms with Gasteiger partial charge in [0, 0.05) is 52.7 Å². The van der Waals surface area contributed by atoms with Crippen molar-refractivity contribution in [1.29, 1.82) is 0 Å². The molecule has 0 amide bonds. The zero-order chi connectivity index (χ0) is 60.0. The summed E-state index contributed by atoms with van der Waals surface area (Å²) in [6, 6.07) is 1.95. The number of aromatic hydroxyl groups is 1. The van der Waals surface area contributed by atoms with E-state index in [9.17, 15) is 49.2 Å². The number of hydrogen-bond donors (Lipinski definition) is 4. The molecule has 1 aromatic heterocycles. The molecule has 12 unspecified atom stereocenters. The van der Waals surface area contributed by atoms with Gasteiger partial charge in [0.15, 0.2) is 22.9 Å². The van der Waals surface area contributed by atoms with E-state index in [2.05, 4.69) is 13.0 Å². The second kappa shape index (κ2) is 19.1. The second-order valence-corrected chi connectivity index (χ2v) is 26.8. The molecule has 1 aromatic carbocycles. The molecule has 0 bridgehead atoms. The number of carbonyl (C=O) groups is 6. The molecule has 82 heavy (non-hydrogen) atoms. The Balaban J connectivity index is 0.000000191. The molecule has 4 aliphatic heterocycles. The van der Waals surface area contributed by atoms with Gasteiger partial charge in [-0.2, -0.15) is 0 Å². The summed E-state index contributed by atoms with van der Waals surface area (Å²) in [5, 5.41) is 43.9. The van der Waals surface area contributed by atoms with Crippen molar-refractivity contribution in [3.63, 3.8) is 0 Å². The SMILES string of the molecule is CC(=O)OC1CC2(C)C(c3ccoc3)CC3OC32C2(C)C(=O)C(O)=C3C(C)(C)C(=O)C=CC3(C)C12.CC(C)=CCCC1(C)C=Cc2c(O)c3c(c(CC=C(C)C)c2O1)OC12C(=CCCC1C(C)(C)OC2(CC=C(C)C(=O)O)C(=O)O)C3=O. The van der Waals surface area contributed by atoms with E-state index in [-0.39, 0.29) is 58.2 Å². The highest BCUT2D eigenvalue weighted by molar-refractivity contribution is 6.17. The van der Waals surface area contributed by atoms with Crippen molar-refractivity contribution < 1.29 is 77.3 Å². The minimum Gasteiger partial charge on any atom is -0.506 e. The van der Waals surface area contributed by atoms with E-state index in [1.165, 1.54) is 25.5 Å². The average molecular weight is 1130 g/mol. The molecule has 2 aromatic rings. The first-order chi connectivity index (χ1) is 38.2. The van der Waals surface area contributed by atoms with Crippen molar-refractivity contribution >= 4 is 41.3 Å². The second-order valence-electron chi connectivity index (χ2n) is 26.8. The van der Waals surface area contributed by atoms with Gasteiger partial charge >= 0.3 is 17.9 Å². The van der Waals surface area contributed by atoms with Crippen LogP contribution in [0.4, 0.5) is 0 Å². The van der Waals surface area contributed by atoms with E-state index >= 15 is 0 Å². The first kappa shape index (κ1) is 58.4. The summed E-state index contributed by atoms with van der Waals surface area (Å²) < 4.78 is 38.2. The number of hydrogen-bond acceptors (Lipinski definition) is 14. The van der Waals surface area contributed by atoms with Crippen molar-refractivity contribution in [3.05, 3.63) is 117 Å². The number of aliphatic carboxylic acids is 2. The lowest BCUT2D eigenvalue weighted by molar-refractivity contribution is -0.200. The number of aliphatic hydroxyl groups is 1. The fraction of sp³-hybridized carbons (Fsp3) is 0.545. The fourth-order valence-corrected chi connectivity index (χ4v) is 16.9. The van der Waals surface area contributed by atoms with E-state index < -0.39 is 97.1 Å². The molecule has 0 radical (unpaired) electrons. The van der Waals surface area contributed by atoms with Crippen molar-refractivity contribution in [2.75, 3.05) is 0 Å². The number of rotatable bonds is 11. The summed E-state index contributed by atoms with van der Waals surface area (Å²) in [5.41, 5.74) is -5.73. The predicted octanol–water partition coefficient (Wildman–Crippen LogP) is 11.9. The molecule has 2 saturated carbocycles. The number of phenolic OH excluding ortho intramolecular Hbond substituents is 1. The van der Waals surface area contributed by atoms with Gasteiger partial charge in [-0.1, -0.05) is 55.4 Å². The molecule has 2 spiro atoms. The highest BCUT2D eigenvalue weighted by Crippen LogP contribution is 2.81. The maximum atomic E-state index is 14.7. The number of carboxylic acids is 2. The molecule has 11 rings (SSSR count). The van der Waals surface area contributed by atoms with Crippen LogP contribution in [0.25, 0.3) is 6.08 Å². The number of carbonyl (C=O) groups excluding carboxylic acids is 4. The van der Waals surface area contributed by atoms with E-state index in [0.717, 1.165) is 17.6 Å². The Morgan fingerprint density at radius 3 is 2.17 bits per heavy atom. The van der Waals surface area contributed by atoms with Gasteiger partial charge in [0.1, 0.15) is 40.1 Å².